The van der Waals surface area contributed by atoms with E-state index in [0.717, 1.165) is 24.2 Å². The third-order valence-electron chi connectivity index (χ3n) is 7.12. The molecule has 1 aliphatic heterocycles. The Bertz CT molecular complexity index is 842. The maximum absolute atomic E-state index is 14.0. The van der Waals surface area contributed by atoms with E-state index < -0.39 is 5.60 Å². The number of aryl methyl sites for hydroxylation is 1. The highest BCUT2D eigenvalue weighted by atomic mass is 19.1. The molecule has 0 radical (unpaired) electrons. The Morgan fingerprint density at radius 3 is 2.68 bits per heavy atom. The lowest BCUT2D eigenvalue weighted by Gasteiger charge is -2.47. The lowest BCUT2D eigenvalue weighted by Crippen LogP contribution is -2.52. The van der Waals surface area contributed by atoms with Crippen LogP contribution in [0, 0.1) is 11.7 Å². The molecule has 7 nitrogen and oxygen atoms in total. The SMILES string of the molecule is COC(=O)CCCN(C)CC[C@]1(OC(=O)N2CCOCC2)CCc2cc(F)ccc2[C@H]1C(C)C. The molecule has 1 saturated heterocycles. The normalized spacial score (nSPS) is 22.6. The summed E-state index contributed by atoms with van der Waals surface area (Å²) in [4.78, 5) is 28.6. The zero-order valence-electron chi connectivity index (χ0n) is 21.0. The van der Waals surface area contributed by atoms with Crippen LogP contribution < -0.4 is 0 Å². The highest BCUT2D eigenvalue weighted by Gasteiger charge is 2.48. The summed E-state index contributed by atoms with van der Waals surface area (Å²) < 4.78 is 30.5. The number of hydrogen-bond acceptors (Lipinski definition) is 6. The Balaban J connectivity index is 1.81. The maximum Gasteiger partial charge on any atom is 0.410 e. The van der Waals surface area contributed by atoms with E-state index in [1.807, 2.05) is 13.1 Å². The van der Waals surface area contributed by atoms with Crippen molar-refractivity contribution in [3.63, 3.8) is 0 Å². The average molecular weight is 479 g/mol. The first-order valence-corrected chi connectivity index (χ1v) is 12.3. The highest BCUT2D eigenvalue weighted by molar-refractivity contribution is 5.69. The minimum absolute atomic E-state index is 0.0368. The predicted molar refractivity (Wildman–Crippen MR) is 127 cm³/mol. The van der Waals surface area contributed by atoms with Crippen molar-refractivity contribution < 1.29 is 28.2 Å². The van der Waals surface area contributed by atoms with E-state index in [2.05, 4.69) is 18.7 Å². The van der Waals surface area contributed by atoms with Gasteiger partial charge in [-0.3, -0.25) is 4.79 Å². The fourth-order valence-corrected chi connectivity index (χ4v) is 5.36. The summed E-state index contributed by atoms with van der Waals surface area (Å²) in [6.07, 6.45) is 2.77. The van der Waals surface area contributed by atoms with Crippen molar-refractivity contribution >= 4 is 12.1 Å². The second kappa shape index (κ2) is 12.0. The average Bonchev–Trinajstić information content (AvgIpc) is 2.83. The van der Waals surface area contributed by atoms with Crippen LogP contribution in [-0.2, 0) is 25.4 Å². The number of ether oxygens (including phenoxy) is 3. The third kappa shape index (κ3) is 6.48. The van der Waals surface area contributed by atoms with E-state index in [1.165, 1.54) is 13.2 Å². The zero-order valence-corrected chi connectivity index (χ0v) is 21.0. The van der Waals surface area contributed by atoms with E-state index in [-0.39, 0.29) is 29.7 Å². The van der Waals surface area contributed by atoms with E-state index in [1.54, 1.807) is 11.0 Å². The Kier molecular flexibility index (Phi) is 9.31. The number of amides is 1. The molecule has 1 aromatic carbocycles. The molecular formula is C26H39FN2O5. The molecule has 0 saturated carbocycles. The van der Waals surface area contributed by atoms with Crippen molar-refractivity contribution in [1.82, 2.24) is 9.80 Å². The van der Waals surface area contributed by atoms with Crippen LogP contribution in [0.15, 0.2) is 18.2 Å². The van der Waals surface area contributed by atoms with Gasteiger partial charge in [-0.15, -0.1) is 0 Å². The van der Waals surface area contributed by atoms with Crippen LogP contribution in [0.2, 0.25) is 0 Å². The Labute approximate surface area is 202 Å². The minimum Gasteiger partial charge on any atom is -0.469 e. The lowest BCUT2D eigenvalue weighted by atomic mass is 9.65. The molecule has 0 bridgehead atoms. The molecule has 1 aliphatic carbocycles. The van der Waals surface area contributed by atoms with Gasteiger partial charge in [-0.25, -0.2) is 9.18 Å². The van der Waals surface area contributed by atoms with Gasteiger partial charge in [-0.2, -0.15) is 0 Å². The van der Waals surface area contributed by atoms with Crippen LogP contribution in [0.1, 0.15) is 56.6 Å². The van der Waals surface area contributed by atoms with Gasteiger partial charge < -0.3 is 24.0 Å². The summed E-state index contributed by atoms with van der Waals surface area (Å²) in [6.45, 7) is 7.82. The minimum atomic E-state index is -0.689. The number of hydrogen-bond donors (Lipinski definition) is 0. The number of fused-ring (bicyclic) bond motifs is 1. The molecule has 8 heteroatoms. The van der Waals surface area contributed by atoms with Crippen molar-refractivity contribution in [1.29, 1.82) is 0 Å². The van der Waals surface area contributed by atoms with Crippen LogP contribution in [0.25, 0.3) is 0 Å². The number of methoxy groups -OCH3 is 1. The largest absolute Gasteiger partial charge is 0.469 e. The highest BCUT2D eigenvalue weighted by Crippen LogP contribution is 2.48. The molecule has 34 heavy (non-hydrogen) atoms. The molecule has 2 atom stereocenters. The number of carbonyl (C=O) groups excluding carboxylic acids is 2. The molecule has 0 aromatic heterocycles. The zero-order chi connectivity index (χ0) is 24.7. The lowest BCUT2D eigenvalue weighted by molar-refractivity contribution is -0.140. The van der Waals surface area contributed by atoms with E-state index in [9.17, 15) is 14.0 Å². The molecule has 3 rings (SSSR count). The van der Waals surface area contributed by atoms with Crippen molar-refractivity contribution in [3.05, 3.63) is 35.1 Å². The molecule has 0 N–H and O–H groups in total. The molecule has 1 fully saturated rings. The number of carbonyl (C=O) groups is 2. The third-order valence-corrected chi connectivity index (χ3v) is 7.12. The van der Waals surface area contributed by atoms with Gasteiger partial charge in [0, 0.05) is 38.4 Å². The number of morpholine rings is 1. The fraction of sp³-hybridized carbons (Fsp3) is 0.692. The second-order valence-electron chi connectivity index (χ2n) is 9.83. The molecular weight excluding hydrogens is 439 g/mol. The quantitative estimate of drug-likeness (QED) is 0.500. The van der Waals surface area contributed by atoms with Crippen molar-refractivity contribution in [2.75, 3.05) is 53.6 Å². The summed E-state index contributed by atoms with van der Waals surface area (Å²) >= 11 is 0. The van der Waals surface area contributed by atoms with Crippen molar-refractivity contribution in [2.24, 2.45) is 5.92 Å². The molecule has 0 spiro atoms. The first kappa shape index (κ1) is 26.4. The van der Waals surface area contributed by atoms with Crippen LogP contribution in [-0.4, -0.2) is 81.0 Å². The van der Waals surface area contributed by atoms with Crippen LogP contribution in [0.4, 0.5) is 9.18 Å². The summed E-state index contributed by atoms with van der Waals surface area (Å²) in [5.74, 6) is -0.276. The molecule has 1 amide bonds. The van der Waals surface area contributed by atoms with Gasteiger partial charge in [-0.05, 0) is 62.0 Å². The number of benzene rings is 1. The monoisotopic (exact) mass is 478 g/mol. The predicted octanol–water partition coefficient (Wildman–Crippen LogP) is 3.99. The molecule has 1 aromatic rings. The summed E-state index contributed by atoms with van der Waals surface area (Å²) in [7, 11) is 3.42. The standard InChI is InChI=1S/C26H39FN2O5/c1-19(2)24-22-8-7-21(27)18-20(22)9-10-26(24,34-25(31)29-14-16-33-17-15-29)11-13-28(3)12-5-6-23(30)32-4/h7-8,18-19,24H,5-6,9-17H2,1-4H3/t24-,26-/m1/s1. The van der Waals surface area contributed by atoms with Gasteiger partial charge >= 0.3 is 12.1 Å². The van der Waals surface area contributed by atoms with Crippen molar-refractivity contribution in [2.45, 2.75) is 57.5 Å². The molecule has 1 heterocycles. The second-order valence-corrected chi connectivity index (χ2v) is 9.83. The summed E-state index contributed by atoms with van der Waals surface area (Å²) in [5, 5.41) is 0. The first-order valence-electron chi connectivity index (χ1n) is 12.3. The maximum atomic E-state index is 14.0. The molecule has 0 unspecified atom stereocenters. The number of nitrogens with zero attached hydrogens (tertiary/aromatic N) is 2. The Morgan fingerprint density at radius 1 is 1.26 bits per heavy atom. The Morgan fingerprint density at radius 2 is 2.00 bits per heavy atom. The van der Waals surface area contributed by atoms with E-state index in [0.29, 0.717) is 58.4 Å². The summed E-state index contributed by atoms with van der Waals surface area (Å²) in [6, 6.07) is 5.00. The van der Waals surface area contributed by atoms with Crippen LogP contribution in [0.3, 0.4) is 0 Å². The van der Waals surface area contributed by atoms with Crippen LogP contribution in [0.5, 0.6) is 0 Å². The van der Waals surface area contributed by atoms with Gasteiger partial charge in [-0.1, -0.05) is 19.9 Å². The van der Waals surface area contributed by atoms with Crippen molar-refractivity contribution in [3.8, 4) is 0 Å². The molecule has 2 aliphatic rings. The van der Waals surface area contributed by atoms with Gasteiger partial charge in [0.2, 0.25) is 0 Å². The summed E-state index contributed by atoms with van der Waals surface area (Å²) in [5.41, 5.74) is 1.39. The number of rotatable bonds is 9. The van der Waals surface area contributed by atoms with Gasteiger partial charge in [0.1, 0.15) is 11.4 Å². The van der Waals surface area contributed by atoms with Gasteiger partial charge in [0.05, 0.1) is 20.3 Å². The number of halogens is 1. The van der Waals surface area contributed by atoms with E-state index in [4.69, 9.17) is 14.2 Å². The van der Waals surface area contributed by atoms with Gasteiger partial charge in [0.15, 0.2) is 0 Å². The first-order chi connectivity index (χ1) is 16.3. The number of esters is 1. The van der Waals surface area contributed by atoms with Gasteiger partial charge in [0.25, 0.3) is 0 Å². The topological polar surface area (TPSA) is 68.3 Å². The molecule has 190 valence electrons. The smallest absolute Gasteiger partial charge is 0.410 e. The fourth-order valence-electron chi connectivity index (χ4n) is 5.36. The van der Waals surface area contributed by atoms with E-state index >= 15 is 0 Å². The van der Waals surface area contributed by atoms with Crippen LogP contribution >= 0.6 is 0 Å². The Hall–Kier alpha value is -2.19.